The van der Waals surface area contributed by atoms with Crippen LogP contribution in [0.2, 0.25) is 0 Å². The van der Waals surface area contributed by atoms with Crippen LogP contribution in [0.3, 0.4) is 0 Å². The van der Waals surface area contributed by atoms with Crippen LogP contribution in [0.25, 0.3) is 0 Å². The summed E-state index contributed by atoms with van der Waals surface area (Å²) in [6, 6.07) is 8.45. The Morgan fingerprint density at radius 1 is 1.23 bits per heavy atom. The van der Waals surface area contributed by atoms with Crippen molar-refractivity contribution >= 4 is 11.8 Å². The van der Waals surface area contributed by atoms with Crippen LogP contribution in [-0.2, 0) is 9.53 Å². The molecule has 2 amide bonds. The second kappa shape index (κ2) is 7.37. The van der Waals surface area contributed by atoms with Gasteiger partial charge >= 0.3 is 0 Å². The van der Waals surface area contributed by atoms with Crippen molar-refractivity contribution in [1.82, 2.24) is 14.8 Å². The molecule has 3 saturated heterocycles. The number of pyridine rings is 1. The lowest BCUT2D eigenvalue weighted by Crippen LogP contribution is -2.55. The Kier molecular flexibility index (Phi) is 4.77. The molecule has 1 spiro atoms. The summed E-state index contributed by atoms with van der Waals surface area (Å²) >= 11 is 0. The molecule has 4 atom stereocenters. The highest BCUT2D eigenvalue weighted by molar-refractivity contribution is 5.93. The predicted molar refractivity (Wildman–Crippen MR) is 107 cm³/mol. The summed E-state index contributed by atoms with van der Waals surface area (Å²) in [4.78, 5) is 33.5. The number of benzene rings is 1. The largest absolute Gasteiger partial charge is 0.342 e. The second-order valence-electron chi connectivity index (χ2n) is 8.56. The van der Waals surface area contributed by atoms with Crippen molar-refractivity contribution in [2.24, 2.45) is 0 Å². The fourth-order valence-corrected chi connectivity index (χ4v) is 5.25. The van der Waals surface area contributed by atoms with Gasteiger partial charge in [-0.15, -0.1) is 0 Å². The zero-order valence-electron chi connectivity index (χ0n) is 17.1. The van der Waals surface area contributed by atoms with E-state index in [4.69, 9.17) is 4.74 Å². The molecule has 4 heterocycles. The van der Waals surface area contributed by atoms with E-state index < -0.39 is 17.3 Å². The van der Waals surface area contributed by atoms with E-state index in [0.717, 1.165) is 12.0 Å². The highest BCUT2D eigenvalue weighted by Gasteiger charge is 2.59. The van der Waals surface area contributed by atoms with E-state index >= 15 is 0 Å². The van der Waals surface area contributed by atoms with Crippen LogP contribution in [0.4, 0.5) is 8.78 Å². The summed E-state index contributed by atoms with van der Waals surface area (Å²) in [5.41, 5.74) is -0.450. The molecule has 8 heteroatoms. The third-order valence-electron chi connectivity index (χ3n) is 6.69. The number of fused-ring (bicyclic) bond motifs is 1. The van der Waals surface area contributed by atoms with Crippen LogP contribution in [0.1, 0.15) is 54.7 Å². The molecule has 2 unspecified atom stereocenters. The number of amides is 2. The van der Waals surface area contributed by atoms with Crippen LogP contribution in [-0.4, -0.2) is 51.0 Å². The molecule has 1 aromatic heterocycles. The molecule has 1 aromatic carbocycles. The van der Waals surface area contributed by atoms with Gasteiger partial charge in [0.1, 0.15) is 12.0 Å². The first kappa shape index (κ1) is 20.1. The minimum atomic E-state index is -1.00. The van der Waals surface area contributed by atoms with Crippen molar-refractivity contribution in [3.05, 3.63) is 65.5 Å². The van der Waals surface area contributed by atoms with Gasteiger partial charge < -0.3 is 14.5 Å². The number of hydrogen-bond acceptors (Lipinski definition) is 4. The number of rotatable bonds is 2. The normalized spacial score (nSPS) is 30.2. The zero-order chi connectivity index (χ0) is 21.8. The maximum absolute atomic E-state index is 14.0. The molecule has 0 saturated carbocycles. The number of halogens is 2. The summed E-state index contributed by atoms with van der Waals surface area (Å²) in [6.07, 6.45) is 3.11. The van der Waals surface area contributed by atoms with Gasteiger partial charge in [0.05, 0.1) is 6.04 Å². The monoisotopic (exact) mass is 427 g/mol. The first-order valence-electron chi connectivity index (χ1n) is 10.6. The Morgan fingerprint density at radius 2 is 2.06 bits per heavy atom. The Morgan fingerprint density at radius 3 is 2.81 bits per heavy atom. The minimum absolute atomic E-state index is 0.104. The molecule has 3 aliphatic heterocycles. The molecule has 3 fully saturated rings. The van der Waals surface area contributed by atoms with Crippen LogP contribution >= 0.6 is 0 Å². The minimum Gasteiger partial charge on any atom is -0.342 e. The summed E-state index contributed by atoms with van der Waals surface area (Å²) in [5, 5.41) is 0. The fourth-order valence-electron chi connectivity index (χ4n) is 5.25. The first-order valence-corrected chi connectivity index (χ1v) is 10.6. The average Bonchev–Trinajstić information content (AvgIpc) is 3.26. The number of piperidine rings is 1. The van der Waals surface area contributed by atoms with Gasteiger partial charge in [-0.1, -0.05) is 12.1 Å². The molecule has 0 radical (unpaired) electrons. The number of carbonyl (C=O) groups is 2. The fraction of sp³-hybridized carbons (Fsp3) is 0.435. The lowest BCUT2D eigenvalue weighted by Gasteiger charge is -2.42. The van der Waals surface area contributed by atoms with E-state index in [1.54, 1.807) is 15.9 Å². The molecule has 31 heavy (non-hydrogen) atoms. The molecular weight excluding hydrogens is 404 g/mol. The predicted octanol–water partition coefficient (Wildman–Crippen LogP) is 3.44. The number of nitrogens with zero attached hydrogens (tertiary/aromatic N) is 3. The van der Waals surface area contributed by atoms with Gasteiger partial charge in [-0.25, -0.2) is 13.8 Å². The average molecular weight is 427 g/mol. The molecular formula is C23H23F2N3O3. The summed E-state index contributed by atoms with van der Waals surface area (Å²) in [6.45, 7) is 2.11. The van der Waals surface area contributed by atoms with Crippen molar-refractivity contribution in [2.45, 2.75) is 56.5 Å². The maximum atomic E-state index is 14.0. The third kappa shape index (κ3) is 3.20. The lowest BCUT2D eigenvalue weighted by atomic mass is 9.85. The summed E-state index contributed by atoms with van der Waals surface area (Å²) in [5.74, 6) is -1.58. The van der Waals surface area contributed by atoms with E-state index in [1.807, 2.05) is 13.0 Å². The molecule has 162 valence electrons. The van der Waals surface area contributed by atoms with Crippen molar-refractivity contribution in [1.29, 1.82) is 0 Å². The van der Waals surface area contributed by atoms with E-state index in [2.05, 4.69) is 4.98 Å². The van der Waals surface area contributed by atoms with E-state index in [0.29, 0.717) is 19.3 Å². The molecule has 6 nitrogen and oxygen atoms in total. The molecule has 3 aliphatic rings. The first-order chi connectivity index (χ1) is 14.9. The smallest absolute Gasteiger partial charge is 0.275 e. The number of hydrogen-bond donors (Lipinski definition) is 0. The molecule has 0 aliphatic carbocycles. The van der Waals surface area contributed by atoms with E-state index in [1.165, 1.54) is 30.5 Å². The number of aromatic nitrogens is 1. The number of likely N-dealkylation sites (tertiary alicyclic amines) is 1. The summed E-state index contributed by atoms with van der Waals surface area (Å²) < 4.78 is 34.1. The van der Waals surface area contributed by atoms with E-state index in [9.17, 15) is 18.4 Å². The van der Waals surface area contributed by atoms with Crippen LogP contribution in [0.15, 0.2) is 42.6 Å². The number of ether oxygens (including phenoxy) is 1. The van der Waals surface area contributed by atoms with Crippen molar-refractivity contribution in [3.63, 3.8) is 0 Å². The van der Waals surface area contributed by atoms with E-state index in [-0.39, 0.29) is 42.3 Å². The standard InChI is InChI=1S/C23H23F2N3O3/c1-14-13-23(9-11-27(14)21(29)20-17(25)6-3-10-26-20)22(30)28-18(7-8-19(28)31-23)15-4-2-5-16(24)12-15/h2-6,10,12,14,18-19H,7-9,11,13H2,1H3/t14?,18-,19+,23?/m0/s1. The van der Waals surface area contributed by atoms with Gasteiger partial charge in [-0.05, 0) is 49.6 Å². The second-order valence-corrected chi connectivity index (χ2v) is 8.56. The summed E-state index contributed by atoms with van der Waals surface area (Å²) in [7, 11) is 0. The molecule has 2 aromatic rings. The maximum Gasteiger partial charge on any atom is 0.275 e. The Bertz CT molecular complexity index is 1050. The highest BCUT2D eigenvalue weighted by atomic mass is 19.1. The third-order valence-corrected chi connectivity index (χ3v) is 6.69. The topological polar surface area (TPSA) is 62.7 Å². The van der Waals surface area contributed by atoms with Gasteiger partial charge in [0.15, 0.2) is 17.1 Å². The molecule has 0 bridgehead atoms. The van der Waals surface area contributed by atoms with Gasteiger partial charge in [0, 0.05) is 31.6 Å². The van der Waals surface area contributed by atoms with Crippen molar-refractivity contribution < 1.29 is 23.1 Å². The van der Waals surface area contributed by atoms with Crippen LogP contribution in [0.5, 0.6) is 0 Å². The number of carbonyl (C=O) groups excluding carboxylic acids is 2. The van der Waals surface area contributed by atoms with Crippen LogP contribution in [0, 0.1) is 11.6 Å². The SMILES string of the molecule is CC1CC2(CCN1C(=O)c1ncccc1F)O[C@@H]1CC[C@@H](c3cccc(F)c3)N1C2=O. The van der Waals surface area contributed by atoms with Gasteiger partial charge in [-0.2, -0.15) is 0 Å². The van der Waals surface area contributed by atoms with Crippen molar-refractivity contribution in [3.8, 4) is 0 Å². The molecule has 0 N–H and O–H groups in total. The highest BCUT2D eigenvalue weighted by Crippen LogP contribution is 2.48. The molecule has 5 rings (SSSR count). The van der Waals surface area contributed by atoms with Gasteiger partial charge in [0.2, 0.25) is 0 Å². The van der Waals surface area contributed by atoms with Crippen LogP contribution < -0.4 is 0 Å². The Labute approximate surface area is 178 Å². The zero-order valence-corrected chi connectivity index (χ0v) is 17.1. The van der Waals surface area contributed by atoms with Gasteiger partial charge in [-0.3, -0.25) is 9.59 Å². The Balaban J connectivity index is 1.35. The Hall–Kier alpha value is -2.87. The quantitative estimate of drug-likeness (QED) is 0.737. The lowest BCUT2D eigenvalue weighted by molar-refractivity contribution is -0.144. The van der Waals surface area contributed by atoms with Crippen molar-refractivity contribution in [2.75, 3.05) is 6.54 Å². The van der Waals surface area contributed by atoms with Gasteiger partial charge in [0.25, 0.3) is 11.8 Å².